The summed E-state index contributed by atoms with van der Waals surface area (Å²) in [5.41, 5.74) is 20.7. The maximum atomic E-state index is 14.2. The van der Waals surface area contributed by atoms with Crippen molar-refractivity contribution in [3.8, 4) is 10.4 Å². The maximum Gasteiger partial charge on any atom is 0.246 e. The smallest absolute Gasteiger partial charge is 0.246 e. The van der Waals surface area contributed by atoms with Crippen LogP contribution in [0.4, 0.5) is 5.69 Å². The molecule has 384 valence electrons. The van der Waals surface area contributed by atoms with Crippen molar-refractivity contribution in [2.75, 3.05) is 11.4 Å². The van der Waals surface area contributed by atoms with Crippen molar-refractivity contribution in [2.24, 2.45) is 28.7 Å². The van der Waals surface area contributed by atoms with Gasteiger partial charge in [-0.3, -0.25) is 33.7 Å². The molecule has 4 aromatic rings. The number of rotatable bonds is 19. The molecule has 16 nitrogen and oxygen atoms in total. The number of thiazole rings is 1. The molecule has 8 rings (SSSR count). The third-order valence-corrected chi connectivity index (χ3v) is 15.9. The van der Waals surface area contributed by atoms with Crippen LogP contribution < -0.4 is 32.3 Å². The highest BCUT2D eigenvalue weighted by atomic mass is 32.1. The molecule has 8 N–H and O–H groups in total. The van der Waals surface area contributed by atoms with Crippen LogP contribution in [0.5, 0.6) is 0 Å². The summed E-state index contributed by atoms with van der Waals surface area (Å²) in [6.45, 7) is 10.0. The number of primary amides is 1. The second-order valence-electron chi connectivity index (χ2n) is 21.5. The van der Waals surface area contributed by atoms with Crippen LogP contribution in [0.15, 0.2) is 72.2 Å². The molecular weight excluding hydrogens is 933 g/mol. The van der Waals surface area contributed by atoms with Crippen LogP contribution in [0, 0.1) is 24.2 Å². The number of aromatic nitrogens is 1. The van der Waals surface area contributed by atoms with Crippen molar-refractivity contribution in [3.05, 3.63) is 106 Å². The molecule has 17 heteroatoms. The zero-order valence-corrected chi connectivity index (χ0v) is 42.8. The fraction of sp³-hybridized carbons (Fsp3) is 0.509. The van der Waals surface area contributed by atoms with E-state index >= 15 is 0 Å². The number of ether oxygens (including phenoxy) is 1. The highest BCUT2D eigenvalue weighted by Gasteiger charge is 2.46. The fourth-order valence-electron chi connectivity index (χ4n) is 10.8. The van der Waals surface area contributed by atoms with Gasteiger partial charge in [0.05, 0.1) is 52.7 Å². The number of nitrogens with two attached hydrogens (primary N) is 2. The summed E-state index contributed by atoms with van der Waals surface area (Å²) in [5, 5.41) is 19.7. The number of aliphatic hydroxyl groups is 1. The number of aliphatic hydroxyl groups excluding tert-OH is 1. The Hall–Kier alpha value is -6.01. The molecular formula is C55H70N8O8S. The average molecular weight is 1000 g/mol. The van der Waals surface area contributed by atoms with Crippen LogP contribution in [0.1, 0.15) is 106 Å². The Labute approximate surface area is 426 Å². The third kappa shape index (κ3) is 12.2. The number of para-hydroxylation sites is 1. The van der Waals surface area contributed by atoms with Crippen molar-refractivity contribution in [1.82, 2.24) is 25.8 Å². The van der Waals surface area contributed by atoms with Crippen LogP contribution in [0.2, 0.25) is 0 Å². The van der Waals surface area contributed by atoms with E-state index in [1.807, 2.05) is 94.7 Å². The molecule has 1 aromatic heterocycles. The Kier molecular flexibility index (Phi) is 16.3. The number of amides is 6. The topological polar surface area (TPSA) is 239 Å². The molecule has 1 saturated carbocycles. The lowest BCUT2D eigenvalue weighted by atomic mass is 9.70. The third-order valence-electron chi connectivity index (χ3n) is 14.9. The van der Waals surface area contributed by atoms with Crippen molar-refractivity contribution < 1.29 is 38.6 Å². The van der Waals surface area contributed by atoms with Gasteiger partial charge in [0.15, 0.2) is 0 Å². The number of benzene rings is 3. The van der Waals surface area contributed by atoms with Gasteiger partial charge in [-0.15, -0.1) is 11.3 Å². The van der Waals surface area contributed by atoms with E-state index in [2.05, 4.69) is 33.1 Å². The fourth-order valence-corrected chi connectivity index (χ4v) is 11.6. The van der Waals surface area contributed by atoms with Crippen molar-refractivity contribution in [1.29, 1.82) is 0 Å². The minimum Gasteiger partial charge on any atom is -0.391 e. The summed E-state index contributed by atoms with van der Waals surface area (Å²) in [7, 11) is 0. The normalized spacial score (nSPS) is 22.8. The molecule has 0 radical (unpaired) electrons. The first-order chi connectivity index (χ1) is 34.3. The summed E-state index contributed by atoms with van der Waals surface area (Å²) in [5.74, 6) is -1.43. The van der Waals surface area contributed by atoms with Crippen molar-refractivity contribution in [2.45, 2.75) is 154 Å². The SMILES string of the molecule is Cc1ncsc1-c1ccc(CNC(=O)[C@@H]2C[C@@H](O)CN2C(=O)C(NC(=O)CC2CC(Cc3ccc(CO[C@H](C)[C@H](CCC(N)=O)NC(=O)[C@@H]4Cc5cccc6c5N4C(=O)[C@@H](N)CC6)cc3)C2)C(C)(C)C)cc1. The van der Waals surface area contributed by atoms with E-state index in [0.29, 0.717) is 31.6 Å². The number of carbonyl (C=O) groups is 6. The molecule has 3 aliphatic heterocycles. The Morgan fingerprint density at radius 3 is 2.28 bits per heavy atom. The van der Waals surface area contributed by atoms with E-state index in [9.17, 15) is 33.9 Å². The summed E-state index contributed by atoms with van der Waals surface area (Å²) in [6.07, 6.45) is 3.55. The Morgan fingerprint density at radius 2 is 1.60 bits per heavy atom. The lowest BCUT2D eigenvalue weighted by Crippen LogP contribution is -2.58. The van der Waals surface area contributed by atoms with E-state index in [-0.39, 0.29) is 74.4 Å². The molecule has 0 spiro atoms. The van der Waals surface area contributed by atoms with Gasteiger partial charge in [0, 0.05) is 38.8 Å². The molecule has 1 unspecified atom stereocenters. The van der Waals surface area contributed by atoms with E-state index in [1.54, 1.807) is 16.2 Å². The Balaban J connectivity index is 0.784. The minimum absolute atomic E-state index is 0.00976. The molecule has 6 amide bonds. The standard InChI is InChI=1S/C55H70N8O8S/c1-31-49(72-30-59-31)39-15-13-34(14-16-39)27-58-51(67)44-26-41(64)28-62(44)54(70)50(55(3,4)5)61-47(66)24-37-22-36(23-37)21-33-9-11-35(12-10-33)29-71-32(2)43(19-20-46(57)65)60-52(68)45-25-40-8-6-7-38-17-18-42(56)53(69)63(45)48(38)40/h6-16,30,32,36-37,41-45,50,64H,17-29,56H2,1-5H3,(H2,57,65)(H,58,67)(H,60,68)(H,61,66)/t32-,36?,37?,41-,42+,43+,44+,45+,50?/m1/s1. The van der Waals surface area contributed by atoms with E-state index in [0.717, 1.165) is 63.3 Å². The molecule has 4 aliphatic rings. The first-order valence-electron chi connectivity index (χ1n) is 25.3. The van der Waals surface area contributed by atoms with E-state index in [1.165, 1.54) is 10.5 Å². The second-order valence-corrected chi connectivity index (χ2v) is 22.4. The highest BCUT2D eigenvalue weighted by Crippen LogP contribution is 2.40. The summed E-state index contributed by atoms with van der Waals surface area (Å²) in [4.78, 5) is 88.9. The van der Waals surface area contributed by atoms with Gasteiger partial charge in [0.25, 0.3) is 0 Å². The number of aryl methyl sites for hydroxylation is 2. The van der Waals surface area contributed by atoms with Gasteiger partial charge >= 0.3 is 0 Å². The molecule has 4 heterocycles. The monoisotopic (exact) mass is 1000 g/mol. The number of hydrogen-bond acceptors (Lipinski definition) is 11. The van der Waals surface area contributed by atoms with E-state index in [4.69, 9.17) is 16.2 Å². The summed E-state index contributed by atoms with van der Waals surface area (Å²) in [6, 6.07) is 18.2. The number of anilines is 1. The first kappa shape index (κ1) is 52.3. The Morgan fingerprint density at radius 1 is 0.903 bits per heavy atom. The van der Waals surface area contributed by atoms with Crippen molar-refractivity contribution in [3.63, 3.8) is 0 Å². The number of likely N-dealkylation sites (tertiary alicyclic amines) is 1. The van der Waals surface area contributed by atoms with Crippen LogP contribution in [-0.2, 0) is 65.9 Å². The molecule has 1 aliphatic carbocycles. The average Bonchev–Trinajstić information content (AvgIpc) is 4.05. The van der Waals surface area contributed by atoms with Gasteiger partial charge in [-0.25, -0.2) is 4.98 Å². The molecule has 3 aromatic carbocycles. The first-order valence-corrected chi connectivity index (χ1v) is 26.2. The quantitative estimate of drug-likeness (QED) is 0.0752. The number of hydrogen-bond donors (Lipinski definition) is 6. The van der Waals surface area contributed by atoms with Crippen LogP contribution in [0.3, 0.4) is 0 Å². The van der Waals surface area contributed by atoms with Crippen LogP contribution >= 0.6 is 11.3 Å². The molecule has 1 saturated heterocycles. The van der Waals surface area contributed by atoms with Gasteiger partial charge in [0.1, 0.15) is 18.1 Å². The zero-order chi connectivity index (χ0) is 51.4. The van der Waals surface area contributed by atoms with Gasteiger partial charge in [-0.2, -0.15) is 0 Å². The predicted octanol–water partition coefficient (Wildman–Crippen LogP) is 4.77. The predicted molar refractivity (Wildman–Crippen MR) is 275 cm³/mol. The number of nitrogens with one attached hydrogen (secondary N) is 3. The van der Waals surface area contributed by atoms with E-state index < -0.39 is 53.7 Å². The highest BCUT2D eigenvalue weighted by molar-refractivity contribution is 7.13. The largest absolute Gasteiger partial charge is 0.391 e. The van der Waals surface area contributed by atoms with Gasteiger partial charge in [-0.05, 0) is 103 Å². The van der Waals surface area contributed by atoms with Gasteiger partial charge < -0.3 is 42.2 Å². The maximum absolute atomic E-state index is 14.2. The zero-order valence-electron chi connectivity index (χ0n) is 42.0. The molecule has 72 heavy (non-hydrogen) atoms. The summed E-state index contributed by atoms with van der Waals surface area (Å²) >= 11 is 1.58. The van der Waals surface area contributed by atoms with Crippen molar-refractivity contribution >= 4 is 52.5 Å². The summed E-state index contributed by atoms with van der Waals surface area (Å²) < 4.78 is 6.29. The number of carbonyl (C=O) groups excluding carboxylic acids is 6. The molecule has 7 atom stereocenters. The lowest BCUT2D eigenvalue weighted by molar-refractivity contribution is -0.144. The van der Waals surface area contributed by atoms with Crippen LogP contribution in [-0.4, -0.2) is 99.4 Å². The number of nitrogens with zero attached hydrogens (tertiary/aromatic N) is 3. The molecule has 2 fully saturated rings. The Bertz CT molecular complexity index is 2630. The lowest BCUT2D eigenvalue weighted by Gasteiger charge is -2.37. The van der Waals surface area contributed by atoms with Gasteiger partial charge in [-0.1, -0.05) is 87.5 Å². The van der Waals surface area contributed by atoms with Gasteiger partial charge in [0.2, 0.25) is 35.4 Å². The second kappa shape index (κ2) is 22.4. The van der Waals surface area contributed by atoms with Crippen LogP contribution in [0.25, 0.3) is 10.4 Å². The molecule has 0 bridgehead atoms. The number of β-amino-alcohol motifs (C(OH)–C–C–N with tert-alkyl or cyclic N) is 1. The minimum atomic E-state index is -0.889.